The fourth-order valence-electron chi connectivity index (χ4n) is 6.29. The van der Waals surface area contributed by atoms with Gasteiger partial charge in [0.25, 0.3) is 0 Å². The first-order valence-electron chi connectivity index (χ1n) is 14.8. The Balaban J connectivity index is 0.00000181. The molecular formula is C30H45N5O5. The van der Waals surface area contributed by atoms with Crippen molar-refractivity contribution in [1.82, 2.24) is 19.4 Å². The maximum atomic E-state index is 13.1. The largest absolute Gasteiger partial charge is 0.444 e. The van der Waals surface area contributed by atoms with E-state index in [9.17, 15) is 19.2 Å². The van der Waals surface area contributed by atoms with E-state index < -0.39 is 17.6 Å². The fourth-order valence-corrected chi connectivity index (χ4v) is 6.29. The molecule has 0 spiro atoms. The minimum atomic E-state index is -0.674. The topological polar surface area (TPSA) is 106 Å². The lowest BCUT2D eigenvalue weighted by atomic mass is 9.79. The first kappa shape index (κ1) is 29.7. The average Bonchev–Trinajstić information content (AvgIpc) is 3.18. The van der Waals surface area contributed by atoms with Crippen LogP contribution in [0, 0.1) is 11.8 Å². The molecule has 4 heterocycles. The highest BCUT2D eigenvalue weighted by Gasteiger charge is 2.34. The molecule has 5 rings (SSSR count). The van der Waals surface area contributed by atoms with Gasteiger partial charge in [0.2, 0.25) is 11.8 Å². The van der Waals surface area contributed by atoms with Gasteiger partial charge < -0.3 is 14.5 Å². The van der Waals surface area contributed by atoms with Crippen LogP contribution in [0.3, 0.4) is 0 Å². The molecule has 3 fully saturated rings. The highest BCUT2D eigenvalue weighted by atomic mass is 16.6. The quantitative estimate of drug-likeness (QED) is 0.569. The molecule has 220 valence electrons. The second-order valence-electron chi connectivity index (χ2n) is 12.0. The van der Waals surface area contributed by atoms with E-state index in [4.69, 9.17) is 4.74 Å². The molecular weight excluding hydrogens is 510 g/mol. The monoisotopic (exact) mass is 555 g/mol. The Kier molecular flexibility index (Phi) is 8.95. The third kappa shape index (κ3) is 6.20. The lowest BCUT2D eigenvalue weighted by Crippen LogP contribution is -2.44. The van der Waals surface area contributed by atoms with Crippen LogP contribution < -0.4 is 15.9 Å². The third-order valence-corrected chi connectivity index (χ3v) is 8.36. The van der Waals surface area contributed by atoms with Crippen molar-refractivity contribution in [2.24, 2.45) is 18.9 Å². The summed E-state index contributed by atoms with van der Waals surface area (Å²) in [4.78, 5) is 53.7. The molecule has 0 radical (unpaired) electrons. The van der Waals surface area contributed by atoms with Gasteiger partial charge in [0.1, 0.15) is 11.6 Å². The number of amides is 3. The SMILES string of the molecule is CC.Cn1c(=O)n(C2CCC(=O)NC2=O)c2ccc(N3CCC(C4CCN(C(=O)OC(C)(C)C)CC4)CC3)cc21. The predicted octanol–water partition coefficient (Wildman–Crippen LogP) is 4.21. The predicted molar refractivity (Wildman–Crippen MR) is 155 cm³/mol. The number of benzene rings is 1. The highest BCUT2D eigenvalue weighted by Crippen LogP contribution is 2.35. The molecule has 3 amide bonds. The zero-order valence-electron chi connectivity index (χ0n) is 24.9. The third-order valence-electron chi connectivity index (χ3n) is 8.36. The number of hydrogen-bond acceptors (Lipinski definition) is 6. The lowest BCUT2D eigenvalue weighted by molar-refractivity contribution is -0.135. The van der Waals surface area contributed by atoms with E-state index in [-0.39, 0.29) is 24.1 Å². The second kappa shape index (κ2) is 12.1. The summed E-state index contributed by atoms with van der Waals surface area (Å²) in [5.74, 6) is 0.563. The van der Waals surface area contributed by atoms with Crippen molar-refractivity contribution in [3.8, 4) is 0 Å². The van der Waals surface area contributed by atoms with Gasteiger partial charge in [-0.2, -0.15) is 0 Å². The van der Waals surface area contributed by atoms with Crippen molar-refractivity contribution in [3.05, 3.63) is 28.7 Å². The van der Waals surface area contributed by atoms with Crippen molar-refractivity contribution in [3.63, 3.8) is 0 Å². The number of nitrogens with one attached hydrogen (secondary N) is 1. The number of hydrogen-bond donors (Lipinski definition) is 1. The number of nitrogens with zero attached hydrogens (tertiary/aromatic N) is 4. The normalized spacial score (nSPS) is 21.2. The van der Waals surface area contributed by atoms with Gasteiger partial charge in [-0.1, -0.05) is 13.8 Å². The smallest absolute Gasteiger partial charge is 0.410 e. The van der Waals surface area contributed by atoms with Crippen LogP contribution in [0.15, 0.2) is 23.0 Å². The number of ether oxygens (including phenoxy) is 1. The Morgan fingerprint density at radius 3 is 2.08 bits per heavy atom. The molecule has 3 aliphatic rings. The van der Waals surface area contributed by atoms with Crippen LogP contribution in [0.5, 0.6) is 0 Å². The zero-order chi connectivity index (χ0) is 29.2. The molecule has 1 unspecified atom stereocenters. The van der Waals surface area contributed by atoms with E-state index in [0.29, 0.717) is 23.8 Å². The number of piperidine rings is 3. The van der Waals surface area contributed by atoms with Crippen LogP contribution in [-0.4, -0.2) is 63.7 Å². The summed E-state index contributed by atoms with van der Waals surface area (Å²) in [5.41, 5.74) is 1.86. The van der Waals surface area contributed by atoms with Crippen LogP contribution in [-0.2, 0) is 21.4 Å². The van der Waals surface area contributed by atoms with Crippen LogP contribution in [0.2, 0.25) is 0 Å². The minimum Gasteiger partial charge on any atom is -0.444 e. The zero-order valence-corrected chi connectivity index (χ0v) is 24.9. The van der Waals surface area contributed by atoms with E-state index >= 15 is 0 Å². The molecule has 1 aromatic heterocycles. The Bertz CT molecular complexity index is 1290. The van der Waals surface area contributed by atoms with Crippen molar-refractivity contribution in [1.29, 1.82) is 0 Å². The number of aryl methyl sites for hydroxylation is 1. The molecule has 0 bridgehead atoms. The summed E-state index contributed by atoms with van der Waals surface area (Å²) in [7, 11) is 1.73. The average molecular weight is 556 g/mol. The Morgan fingerprint density at radius 2 is 1.50 bits per heavy atom. The number of likely N-dealkylation sites (tertiary alicyclic amines) is 1. The molecule has 0 aliphatic carbocycles. The van der Waals surface area contributed by atoms with E-state index in [1.165, 1.54) is 4.57 Å². The van der Waals surface area contributed by atoms with E-state index in [0.717, 1.165) is 63.1 Å². The molecule has 10 heteroatoms. The van der Waals surface area contributed by atoms with Gasteiger partial charge in [-0.05, 0) is 82.9 Å². The summed E-state index contributed by atoms with van der Waals surface area (Å²) >= 11 is 0. The molecule has 3 saturated heterocycles. The first-order valence-corrected chi connectivity index (χ1v) is 14.8. The summed E-state index contributed by atoms with van der Waals surface area (Å²) in [6.45, 7) is 13.1. The van der Waals surface area contributed by atoms with Crippen molar-refractivity contribution < 1.29 is 19.1 Å². The molecule has 40 heavy (non-hydrogen) atoms. The molecule has 1 N–H and O–H groups in total. The number of fused-ring (bicyclic) bond motifs is 1. The molecule has 2 aromatic rings. The Hall–Kier alpha value is -3.30. The van der Waals surface area contributed by atoms with Crippen molar-refractivity contribution >= 4 is 34.6 Å². The standard InChI is InChI=1S/C28H39N5O5.C2H6/c1-28(2,3)38-27(37)32-15-11-19(12-16-32)18-9-13-31(14-10-18)20-5-6-21-23(17-20)30(4)26(36)33(21)22-7-8-24(34)29-25(22)35;1-2/h5-6,17-19,22H,7-16H2,1-4H3,(H,29,34,35);1-2H3. The Labute approximate surface area is 236 Å². The second-order valence-corrected chi connectivity index (χ2v) is 12.0. The highest BCUT2D eigenvalue weighted by molar-refractivity contribution is 6.00. The summed E-state index contributed by atoms with van der Waals surface area (Å²) in [6.07, 6.45) is 4.60. The van der Waals surface area contributed by atoms with E-state index in [2.05, 4.69) is 10.2 Å². The fraction of sp³-hybridized carbons (Fsp3) is 0.667. The maximum Gasteiger partial charge on any atom is 0.410 e. The number of imidazole rings is 1. The van der Waals surface area contributed by atoms with Gasteiger partial charge in [-0.15, -0.1) is 0 Å². The van der Waals surface area contributed by atoms with Crippen LogP contribution in [0.1, 0.15) is 79.2 Å². The summed E-state index contributed by atoms with van der Waals surface area (Å²) < 4.78 is 8.65. The van der Waals surface area contributed by atoms with Crippen molar-refractivity contribution in [2.45, 2.75) is 84.8 Å². The number of imide groups is 1. The van der Waals surface area contributed by atoms with Crippen molar-refractivity contribution in [2.75, 3.05) is 31.1 Å². The van der Waals surface area contributed by atoms with Gasteiger partial charge in [0.15, 0.2) is 0 Å². The maximum absolute atomic E-state index is 13.1. The Morgan fingerprint density at radius 1 is 0.900 bits per heavy atom. The molecule has 10 nitrogen and oxygen atoms in total. The molecule has 1 aromatic carbocycles. The van der Waals surface area contributed by atoms with Gasteiger partial charge in [-0.3, -0.25) is 24.0 Å². The van der Waals surface area contributed by atoms with Crippen LogP contribution >= 0.6 is 0 Å². The number of aromatic nitrogens is 2. The van der Waals surface area contributed by atoms with E-state index in [1.54, 1.807) is 11.6 Å². The first-order chi connectivity index (χ1) is 19.0. The van der Waals surface area contributed by atoms with Gasteiger partial charge >= 0.3 is 11.8 Å². The molecule has 1 atom stereocenters. The summed E-state index contributed by atoms with van der Waals surface area (Å²) in [6, 6.07) is 5.32. The van der Waals surface area contributed by atoms with Gasteiger partial charge in [0.05, 0.1) is 11.0 Å². The van der Waals surface area contributed by atoms with E-state index in [1.807, 2.05) is 57.7 Å². The number of carbonyl (C=O) groups excluding carboxylic acids is 3. The number of carbonyl (C=O) groups is 3. The van der Waals surface area contributed by atoms with Gasteiger partial charge in [-0.25, -0.2) is 9.59 Å². The number of rotatable bonds is 3. The van der Waals surface area contributed by atoms with Crippen LogP contribution in [0.4, 0.5) is 10.5 Å². The minimum absolute atomic E-state index is 0.206. The summed E-state index contributed by atoms with van der Waals surface area (Å²) in [5, 5.41) is 2.36. The van der Waals surface area contributed by atoms with Gasteiger partial charge in [0, 0.05) is 45.3 Å². The number of anilines is 1. The molecule has 0 saturated carbocycles. The lowest BCUT2D eigenvalue weighted by Gasteiger charge is -2.41. The van der Waals surface area contributed by atoms with Crippen LogP contribution in [0.25, 0.3) is 11.0 Å². The molecule has 3 aliphatic heterocycles.